The first-order valence-corrected chi connectivity index (χ1v) is 4.10. The Morgan fingerprint density at radius 1 is 1.77 bits per heavy atom. The Hall–Kier alpha value is -1.52. The number of rotatable bonds is 4. The number of primary amides is 1. The molecule has 0 unspecified atom stereocenters. The lowest BCUT2D eigenvalue weighted by molar-refractivity contribution is 0.153. The summed E-state index contributed by atoms with van der Waals surface area (Å²) in [6.07, 6.45) is 3.72. The highest BCUT2D eigenvalue weighted by Crippen LogP contribution is 1.95. The van der Waals surface area contributed by atoms with Crippen LogP contribution >= 0.6 is 0 Å². The fourth-order valence-corrected chi connectivity index (χ4v) is 0.989. The van der Waals surface area contributed by atoms with Crippen molar-refractivity contribution in [3.63, 3.8) is 0 Å². The minimum absolute atomic E-state index is 0.342. The third-order valence-corrected chi connectivity index (χ3v) is 1.54. The molecule has 1 rings (SSSR count). The van der Waals surface area contributed by atoms with Gasteiger partial charge in [0.15, 0.2) is 0 Å². The van der Waals surface area contributed by atoms with Crippen LogP contribution < -0.4 is 5.73 Å². The van der Waals surface area contributed by atoms with Gasteiger partial charge in [-0.05, 0) is 12.5 Å². The van der Waals surface area contributed by atoms with Gasteiger partial charge in [-0.2, -0.15) is 5.10 Å². The Labute approximate surface area is 76.5 Å². The summed E-state index contributed by atoms with van der Waals surface area (Å²) in [4.78, 5) is 10.2. The molecular weight excluding hydrogens is 170 g/mol. The number of hydrogen-bond acceptors (Lipinski definition) is 3. The summed E-state index contributed by atoms with van der Waals surface area (Å²) in [7, 11) is 0. The van der Waals surface area contributed by atoms with Crippen molar-refractivity contribution in [1.82, 2.24) is 9.78 Å². The molecular formula is C8H13N3O2. The van der Waals surface area contributed by atoms with Crippen molar-refractivity contribution < 1.29 is 9.53 Å². The van der Waals surface area contributed by atoms with Crippen molar-refractivity contribution in [1.29, 1.82) is 0 Å². The van der Waals surface area contributed by atoms with E-state index in [9.17, 15) is 4.79 Å². The molecule has 0 aliphatic carbocycles. The number of amides is 1. The number of aromatic nitrogens is 2. The lowest BCUT2D eigenvalue weighted by Crippen LogP contribution is -2.14. The summed E-state index contributed by atoms with van der Waals surface area (Å²) in [6.45, 7) is 3.05. The number of nitrogens with zero attached hydrogens (tertiary/aromatic N) is 2. The number of hydrogen-bond donors (Lipinski definition) is 1. The minimum atomic E-state index is -0.725. The summed E-state index contributed by atoms with van der Waals surface area (Å²) < 4.78 is 6.37. The summed E-state index contributed by atoms with van der Waals surface area (Å²) in [5, 5.41) is 4.08. The molecule has 2 N–H and O–H groups in total. The Morgan fingerprint density at radius 3 is 3.08 bits per heavy atom. The molecule has 1 heterocycles. The molecule has 0 atom stereocenters. The molecule has 0 bridgehead atoms. The van der Waals surface area contributed by atoms with Gasteiger partial charge in [-0.25, -0.2) is 4.79 Å². The van der Waals surface area contributed by atoms with Gasteiger partial charge in [-0.1, -0.05) is 0 Å². The molecule has 0 aromatic carbocycles. The SMILES string of the molecule is Cc1cnn(CCCOC(N)=O)c1. The van der Waals surface area contributed by atoms with Crippen LogP contribution in [-0.4, -0.2) is 22.5 Å². The maximum absolute atomic E-state index is 10.2. The fourth-order valence-electron chi connectivity index (χ4n) is 0.989. The number of carbonyl (C=O) groups excluding carboxylic acids is 1. The van der Waals surface area contributed by atoms with Gasteiger partial charge in [0.1, 0.15) is 0 Å². The monoisotopic (exact) mass is 183 g/mol. The quantitative estimate of drug-likeness (QED) is 0.697. The van der Waals surface area contributed by atoms with Crippen LogP contribution in [0.3, 0.4) is 0 Å². The van der Waals surface area contributed by atoms with Crippen LogP contribution in [0.25, 0.3) is 0 Å². The van der Waals surface area contributed by atoms with E-state index in [-0.39, 0.29) is 0 Å². The predicted molar refractivity (Wildman–Crippen MR) is 47.1 cm³/mol. The van der Waals surface area contributed by atoms with E-state index in [1.165, 1.54) is 0 Å². The number of ether oxygens (including phenoxy) is 1. The van der Waals surface area contributed by atoms with E-state index in [2.05, 4.69) is 9.84 Å². The third-order valence-electron chi connectivity index (χ3n) is 1.54. The first kappa shape index (κ1) is 9.57. The highest BCUT2D eigenvalue weighted by Gasteiger charge is 1.95. The smallest absolute Gasteiger partial charge is 0.404 e. The molecule has 0 fully saturated rings. The molecule has 13 heavy (non-hydrogen) atoms. The largest absolute Gasteiger partial charge is 0.450 e. The summed E-state index contributed by atoms with van der Waals surface area (Å²) >= 11 is 0. The molecule has 0 aliphatic rings. The van der Waals surface area contributed by atoms with Crippen molar-refractivity contribution in [3.05, 3.63) is 18.0 Å². The summed E-state index contributed by atoms with van der Waals surface area (Å²) in [6, 6.07) is 0. The van der Waals surface area contributed by atoms with Crippen molar-refractivity contribution in [2.45, 2.75) is 19.9 Å². The van der Waals surface area contributed by atoms with Crippen LogP contribution in [0.15, 0.2) is 12.4 Å². The van der Waals surface area contributed by atoms with Crippen molar-refractivity contribution in [2.75, 3.05) is 6.61 Å². The Morgan fingerprint density at radius 2 is 2.54 bits per heavy atom. The molecule has 72 valence electrons. The molecule has 1 amide bonds. The van der Waals surface area contributed by atoms with Gasteiger partial charge in [0, 0.05) is 19.2 Å². The second-order valence-corrected chi connectivity index (χ2v) is 2.80. The first-order valence-electron chi connectivity index (χ1n) is 4.10. The topological polar surface area (TPSA) is 70.1 Å². The zero-order valence-electron chi connectivity index (χ0n) is 7.56. The van der Waals surface area contributed by atoms with Gasteiger partial charge in [0.05, 0.1) is 12.8 Å². The third kappa shape index (κ3) is 3.59. The Kier molecular flexibility index (Phi) is 3.31. The molecule has 1 aromatic rings. The molecule has 0 spiro atoms. The Balaban J connectivity index is 2.16. The van der Waals surface area contributed by atoms with Crippen LogP contribution in [-0.2, 0) is 11.3 Å². The molecule has 0 saturated carbocycles. The number of carbonyl (C=O) groups is 1. The fraction of sp³-hybridized carbons (Fsp3) is 0.500. The zero-order chi connectivity index (χ0) is 9.68. The predicted octanol–water partition coefficient (Wildman–Crippen LogP) is 0.677. The van der Waals surface area contributed by atoms with Gasteiger partial charge >= 0.3 is 6.09 Å². The van der Waals surface area contributed by atoms with E-state index in [1.807, 2.05) is 13.1 Å². The summed E-state index contributed by atoms with van der Waals surface area (Å²) in [5.41, 5.74) is 5.91. The molecule has 0 saturated heterocycles. The van der Waals surface area contributed by atoms with E-state index >= 15 is 0 Å². The van der Waals surface area contributed by atoms with E-state index in [0.717, 1.165) is 18.5 Å². The van der Waals surface area contributed by atoms with Gasteiger partial charge in [-0.15, -0.1) is 0 Å². The van der Waals surface area contributed by atoms with Crippen LogP contribution in [0, 0.1) is 6.92 Å². The second kappa shape index (κ2) is 4.49. The molecule has 0 aliphatic heterocycles. The second-order valence-electron chi connectivity index (χ2n) is 2.80. The highest BCUT2D eigenvalue weighted by atomic mass is 16.5. The highest BCUT2D eigenvalue weighted by molar-refractivity contribution is 5.64. The zero-order valence-corrected chi connectivity index (χ0v) is 7.56. The minimum Gasteiger partial charge on any atom is -0.450 e. The maximum atomic E-state index is 10.2. The lowest BCUT2D eigenvalue weighted by Gasteiger charge is -2.01. The average Bonchev–Trinajstić information content (AvgIpc) is 2.45. The lowest BCUT2D eigenvalue weighted by atomic mass is 10.4. The van der Waals surface area contributed by atoms with Crippen LogP contribution in [0.2, 0.25) is 0 Å². The van der Waals surface area contributed by atoms with Gasteiger partial charge in [-0.3, -0.25) is 4.68 Å². The Bertz CT molecular complexity index is 283. The summed E-state index contributed by atoms with van der Waals surface area (Å²) in [5.74, 6) is 0. The first-order chi connectivity index (χ1) is 6.18. The van der Waals surface area contributed by atoms with E-state index in [4.69, 9.17) is 5.73 Å². The number of aryl methyl sites for hydroxylation is 2. The average molecular weight is 183 g/mol. The van der Waals surface area contributed by atoms with Gasteiger partial charge < -0.3 is 10.5 Å². The standard InChI is InChI=1S/C8H13N3O2/c1-7-5-10-11(6-7)3-2-4-13-8(9)12/h5-6H,2-4H2,1H3,(H2,9,12). The van der Waals surface area contributed by atoms with Crippen LogP contribution in [0.4, 0.5) is 4.79 Å². The maximum Gasteiger partial charge on any atom is 0.404 e. The van der Waals surface area contributed by atoms with Crippen LogP contribution in [0.1, 0.15) is 12.0 Å². The van der Waals surface area contributed by atoms with Crippen molar-refractivity contribution >= 4 is 6.09 Å². The van der Waals surface area contributed by atoms with Crippen LogP contribution in [0.5, 0.6) is 0 Å². The molecule has 1 aromatic heterocycles. The van der Waals surface area contributed by atoms with Gasteiger partial charge in [0.25, 0.3) is 0 Å². The van der Waals surface area contributed by atoms with Crippen molar-refractivity contribution in [2.24, 2.45) is 5.73 Å². The molecule has 5 heteroatoms. The number of nitrogens with two attached hydrogens (primary N) is 1. The molecule has 0 radical (unpaired) electrons. The normalized spacial score (nSPS) is 9.92. The van der Waals surface area contributed by atoms with E-state index in [0.29, 0.717) is 6.61 Å². The van der Waals surface area contributed by atoms with E-state index in [1.54, 1.807) is 10.9 Å². The molecule has 5 nitrogen and oxygen atoms in total. The van der Waals surface area contributed by atoms with Gasteiger partial charge in [0.2, 0.25) is 0 Å². The van der Waals surface area contributed by atoms with Crippen molar-refractivity contribution in [3.8, 4) is 0 Å². The van der Waals surface area contributed by atoms with E-state index < -0.39 is 6.09 Å².